The minimum Gasteiger partial charge on any atom is -0.355 e. The molecule has 1 aliphatic heterocycles. The first-order valence-corrected chi connectivity index (χ1v) is 8.78. The topological polar surface area (TPSA) is 49.4 Å². The van der Waals surface area contributed by atoms with Crippen LogP contribution in [0.25, 0.3) is 0 Å². The monoisotopic (exact) mass is 332 g/mol. The van der Waals surface area contributed by atoms with E-state index in [0.717, 1.165) is 37.7 Å². The Kier molecular flexibility index (Phi) is 4.88. The van der Waals surface area contributed by atoms with Crippen molar-refractivity contribution in [3.63, 3.8) is 0 Å². The summed E-state index contributed by atoms with van der Waals surface area (Å²) in [6.45, 7) is 1.21. The molecule has 1 N–H and O–H groups in total. The largest absolute Gasteiger partial charge is 0.355 e. The predicted octanol–water partition coefficient (Wildman–Crippen LogP) is 2.62. The van der Waals surface area contributed by atoms with Gasteiger partial charge in [0.15, 0.2) is 0 Å². The quantitative estimate of drug-likeness (QED) is 0.921. The summed E-state index contributed by atoms with van der Waals surface area (Å²) in [5.41, 5.74) is 1.000. The van der Waals surface area contributed by atoms with Gasteiger partial charge in [-0.05, 0) is 37.0 Å². The number of rotatable bonds is 4. The van der Waals surface area contributed by atoms with Crippen LogP contribution in [0.1, 0.15) is 44.1 Å². The molecule has 130 valence electrons. The number of nitrogens with one attached hydrogen (secondary N) is 1. The fraction of sp³-hybridized carbons (Fsp3) is 0.579. The minimum absolute atomic E-state index is 0.0233. The lowest BCUT2D eigenvalue weighted by molar-refractivity contribution is -0.139. The molecule has 24 heavy (non-hydrogen) atoms. The minimum atomic E-state index is -0.235. The van der Waals surface area contributed by atoms with Crippen LogP contribution in [0.4, 0.5) is 4.39 Å². The molecule has 1 saturated carbocycles. The Morgan fingerprint density at radius 3 is 2.58 bits per heavy atom. The van der Waals surface area contributed by atoms with E-state index in [2.05, 4.69) is 5.32 Å². The highest BCUT2D eigenvalue weighted by Gasteiger charge is 2.37. The van der Waals surface area contributed by atoms with Gasteiger partial charge in [-0.3, -0.25) is 9.59 Å². The SMILES string of the molecule is CN1CCC(C(=O)NCC2(c3ccc(F)cc3)CCCC2)CC1=O. The molecule has 3 rings (SSSR count). The summed E-state index contributed by atoms with van der Waals surface area (Å²) >= 11 is 0. The van der Waals surface area contributed by atoms with Gasteiger partial charge in [0.2, 0.25) is 11.8 Å². The third-order valence-electron chi connectivity index (χ3n) is 5.65. The van der Waals surface area contributed by atoms with E-state index in [1.165, 1.54) is 12.1 Å². The van der Waals surface area contributed by atoms with Crippen molar-refractivity contribution >= 4 is 11.8 Å². The number of hydrogen-bond donors (Lipinski definition) is 1. The Morgan fingerprint density at radius 2 is 1.96 bits per heavy atom. The van der Waals surface area contributed by atoms with Crippen molar-refractivity contribution in [2.24, 2.45) is 5.92 Å². The average Bonchev–Trinajstić information content (AvgIpc) is 3.06. The molecule has 1 aromatic rings. The molecule has 1 saturated heterocycles. The first-order chi connectivity index (χ1) is 11.5. The van der Waals surface area contributed by atoms with Crippen LogP contribution in [-0.2, 0) is 15.0 Å². The van der Waals surface area contributed by atoms with Gasteiger partial charge in [0.05, 0.1) is 0 Å². The maximum atomic E-state index is 13.2. The molecule has 1 aliphatic carbocycles. The van der Waals surface area contributed by atoms with Gasteiger partial charge in [-0.25, -0.2) is 4.39 Å². The van der Waals surface area contributed by atoms with E-state index < -0.39 is 0 Å². The third kappa shape index (κ3) is 3.45. The van der Waals surface area contributed by atoms with Crippen LogP contribution >= 0.6 is 0 Å². The van der Waals surface area contributed by atoms with Crippen molar-refractivity contribution in [2.45, 2.75) is 43.9 Å². The Hall–Kier alpha value is -1.91. The number of carbonyl (C=O) groups excluding carboxylic acids is 2. The van der Waals surface area contributed by atoms with E-state index in [1.54, 1.807) is 11.9 Å². The fourth-order valence-corrected chi connectivity index (χ4v) is 3.99. The lowest BCUT2D eigenvalue weighted by Gasteiger charge is -2.32. The highest BCUT2D eigenvalue weighted by Crippen LogP contribution is 2.40. The van der Waals surface area contributed by atoms with Gasteiger partial charge in [-0.1, -0.05) is 25.0 Å². The molecule has 2 fully saturated rings. The number of piperidine rings is 1. The maximum Gasteiger partial charge on any atom is 0.223 e. The van der Waals surface area contributed by atoms with Gasteiger partial charge in [0.1, 0.15) is 5.82 Å². The van der Waals surface area contributed by atoms with Crippen molar-refractivity contribution in [3.8, 4) is 0 Å². The first-order valence-electron chi connectivity index (χ1n) is 8.78. The van der Waals surface area contributed by atoms with Crippen molar-refractivity contribution < 1.29 is 14.0 Å². The van der Waals surface area contributed by atoms with Crippen LogP contribution in [0.15, 0.2) is 24.3 Å². The second-order valence-electron chi connectivity index (χ2n) is 7.22. The number of benzene rings is 1. The lowest BCUT2D eigenvalue weighted by Crippen LogP contribution is -2.45. The number of hydrogen-bond acceptors (Lipinski definition) is 2. The summed E-state index contributed by atoms with van der Waals surface area (Å²) in [7, 11) is 1.78. The van der Waals surface area contributed by atoms with Crippen LogP contribution in [-0.4, -0.2) is 36.9 Å². The molecule has 5 heteroatoms. The van der Waals surface area contributed by atoms with Crippen LogP contribution < -0.4 is 5.32 Å². The molecule has 0 aromatic heterocycles. The van der Waals surface area contributed by atoms with Crippen LogP contribution in [0, 0.1) is 11.7 Å². The van der Waals surface area contributed by atoms with Gasteiger partial charge in [-0.15, -0.1) is 0 Å². The zero-order chi connectivity index (χ0) is 17.2. The third-order valence-corrected chi connectivity index (χ3v) is 5.65. The molecule has 2 aliphatic rings. The van der Waals surface area contributed by atoms with Gasteiger partial charge in [-0.2, -0.15) is 0 Å². The van der Waals surface area contributed by atoms with Crippen molar-refractivity contribution in [3.05, 3.63) is 35.6 Å². The first kappa shape index (κ1) is 16.9. The van der Waals surface area contributed by atoms with Gasteiger partial charge >= 0.3 is 0 Å². The summed E-state index contributed by atoms with van der Waals surface area (Å²) in [5, 5.41) is 3.08. The highest BCUT2D eigenvalue weighted by atomic mass is 19.1. The van der Waals surface area contributed by atoms with Gasteiger partial charge in [0.25, 0.3) is 0 Å². The highest BCUT2D eigenvalue weighted by molar-refractivity contribution is 5.86. The Morgan fingerprint density at radius 1 is 1.29 bits per heavy atom. The number of amides is 2. The van der Waals surface area contributed by atoms with Gasteiger partial charge in [0, 0.05) is 37.9 Å². The van der Waals surface area contributed by atoms with E-state index in [9.17, 15) is 14.0 Å². The molecular formula is C19H25FN2O2. The molecule has 0 radical (unpaired) electrons. The van der Waals surface area contributed by atoms with Crippen molar-refractivity contribution in [2.75, 3.05) is 20.1 Å². The summed E-state index contributed by atoms with van der Waals surface area (Å²) in [4.78, 5) is 26.0. The summed E-state index contributed by atoms with van der Waals surface area (Å²) in [6, 6.07) is 6.66. The van der Waals surface area contributed by atoms with Crippen LogP contribution in [0.5, 0.6) is 0 Å². The predicted molar refractivity (Wildman–Crippen MR) is 89.9 cm³/mol. The van der Waals surface area contributed by atoms with Crippen LogP contribution in [0.2, 0.25) is 0 Å². The number of likely N-dealkylation sites (tertiary alicyclic amines) is 1. The van der Waals surface area contributed by atoms with E-state index in [1.807, 2.05) is 12.1 Å². The van der Waals surface area contributed by atoms with E-state index in [-0.39, 0.29) is 29.0 Å². The smallest absolute Gasteiger partial charge is 0.223 e. The zero-order valence-corrected chi connectivity index (χ0v) is 14.2. The maximum absolute atomic E-state index is 13.2. The van der Waals surface area contributed by atoms with Crippen molar-refractivity contribution in [1.29, 1.82) is 0 Å². The zero-order valence-electron chi connectivity index (χ0n) is 14.2. The number of halogens is 1. The molecule has 1 aromatic carbocycles. The molecular weight excluding hydrogens is 307 g/mol. The Bertz CT molecular complexity index is 608. The molecule has 0 bridgehead atoms. The lowest BCUT2D eigenvalue weighted by atomic mass is 9.78. The number of carbonyl (C=O) groups is 2. The van der Waals surface area contributed by atoms with Crippen LogP contribution in [0.3, 0.4) is 0 Å². The summed E-state index contributed by atoms with van der Waals surface area (Å²) in [6.07, 6.45) is 5.28. The fourth-order valence-electron chi connectivity index (χ4n) is 3.99. The molecule has 1 unspecified atom stereocenters. The number of nitrogens with zero attached hydrogens (tertiary/aromatic N) is 1. The van der Waals surface area contributed by atoms with E-state index in [0.29, 0.717) is 19.5 Å². The Labute approximate surface area is 142 Å². The van der Waals surface area contributed by atoms with E-state index >= 15 is 0 Å². The molecule has 4 nitrogen and oxygen atoms in total. The van der Waals surface area contributed by atoms with Crippen molar-refractivity contribution in [1.82, 2.24) is 10.2 Å². The van der Waals surface area contributed by atoms with E-state index in [4.69, 9.17) is 0 Å². The summed E-state index contributed by atoms with van der Waals surface area (Å²) in [5.74, 6) is -0.443. The average molecular weight is 332 g/mol. The summed E-state index contributed by atoms with van der Waals surface area (Å²) < 4.78 is 13.2. The normalized spacial score (nSPS) is 23.3. The second kappa shape index (κ2) is 6.91. The molecule has 0 spiro atoms. The van der Waals surface area contributed by atoms with Gasteiger partial charge < -0.3 is 10.2 Å². The standard InChI is InChI=1S/C19H25FN2O2/c1-22-11-8-14(12-17(22)23)18(24)21-13-19(9-2-3-10-19)15-4-6-16(20)7-5-15/h4-7,14H,2-3,8-13H2,1H3,(H,21,24). The Balaban J connectivity index is 1.65. The molecule has 2 amide bonds. The second-order valence-corrected chi connectivity index (χ2v) is 7.22. The molecule has 1 atom stereocenters. The molecule has 1 heterocycles.